The van der Waals surface area contributed by atoms with E-state index in [1.165, 1.54) is 25.7 Å². The van der Waals surface area contributed by atoms with Gasteiger partial charge in [0.25, 0.3) is 5.91 Å². The molecule has 0 spiro atoms. The highest BCUT2D eigenvalue weighted by molar-refractivity contribution is 5.95. The van der Waals surface area contributed by atoms with Gasteiger partial charge in [-0.3, -0.25) is 9.59 Å². The van der Waals surface area contributed by atoms with Gasteiger partial charge >= 0.3 is 0 Å². The van der Waals surface area contributed by atoms with Crippen molar-refractivity contribution in [3.63, 3.8) is 0 Å². The number of ether oxygens (including phenoxy) is 2. The fraction of sp³-hybridized carbons (Fsp3) is 0.600. The van der Waals surface area contributed by atoms with E-state index in [9.17, 15) is 9.59 Å². The molecular formula is C20H28N2O4. The highest BCUT2D eigenvalue weighted by Crippen LogP contribution is 2.29. The Morgan fingerprint density at radius 3 is 2.19 bits per heavy atom. The van der Waals surface area contributed by atoms with Crippen LogP contribution in [-0.4, -0.2) is 62.0 Å². The third-order valence-electron chi connectivity index (χ3n) is 5.49. The number of carbonyl (C=O) groups excluding carboxylic acids is 2. The van der Waals surface area contributed by atoms with E-state index in [-0.39, 0.29) is 11.8 Å². The fourth-order valence-corrected chi connectivity index (χ4v) is 3.90. The van der Waals surface area contributed by atoms with Gasteiger partial charge in [-0.05, 0) is 37.0 Å². The Morgan fingerprint density at radius 1 is 0.962 bits per heavy atom. The Morgan fingerprint density at radius 2 is 1.58 bits per heavy atom. The molecule has 6 nitrogen and oxygen atoms in total. The summed E-state index contributed by atoms with van der Waals surface area (Å²) < 4.78 is 10.5. The van der Waals surface area contributed by atoms with Gasteiger partial charge in [-0.1, -0.05) is 12.8 Å². The van der Waals surface area contributed by atoms with Gasteiger partial charge in [-0.15, -0.1) is 0 Å². The van der Waals surface area contributed by atoms with Gasteiger partial charge in [-0.2, -0.15) is 0 Å². The molecule has 6 heteroatoms. The van der Waals surface area contributed by atoms with E-state index in [0.29, 0.717) is 55.6 Å². The Kier molecular flexibility index (Phi) is 6.01. The minimum atomic E-state index is -0.0335. The van der Waals surface area contributed by atoms with Crippen molar-refractivity contribution in [3.05, 3.63) is 23.8 Å². The quantitative estimate of drug-likeness (QED) is 0.810. The van der Waals surface area contributed by atoms with Crippen molar-refractivity contribution in [3.8, 4) is 11.5 Å². The van der Waals surface area contributed by atoms with Gasteiger partial charge in [0, 0.05) is 38.2 Å². The summed E-state index contributed by atoms with van der Waals surface area (Å²) in [5.41, 5.74) is 0.577. The molecule has 0 aromatic heterocycles. The second-order valence-electron chi connectivity index (χ2n) is 7.10. The largest absolute Gasteiger partial charge is 0.493 e. The number of benzene rings is 1. The van der Waals surface area contributed by atoms with E-state index in [1.54, 1.807) is 37.3 Å². The van der Waals surface area contributed by atoms with Crippen LogP contribution in [0, 0.1) is 5.92 Å². The molecule has 1 aliphatic carbocycles. The first kappa shape index (κ1) is 18.5. The van der Waals surface area contributed by atoms with Gasteiger partial charge in [0.1, 0.15) is 0 Å². The van der Waals surface area contributed by atoms with Crippen LogP contribution >= 0.6 is 0 Å². The van der Waals surface area contributed by atoms with E-state index >= 15 is 0 Å². The number of piperazine rings is 1. The van der Waals surface area contributed by atoms with Crippen LogP contribution in [0.15, 0.2) is 18.2 Å². The lowest BCUT2D eigenvalue weighted by atomic mass is 10.0. The Bertz CT molecular complexity index is 647. The second-order valence-corrected chi connectivity index (χ2v) is 7.10. The number of methoxy groups -OCH3 is 2. The van der Waals surface area contributed by atoms with Crippen molar-refractivity contribution in [2.24, 2.45) is 5.92 Å². The molecule has 0 unspecified atom stereocenters. The first-order valence-electron chi connectivity index (χ1n) is 9.41. The molecule has 1 aliphatic heterocycles. The number of carbonyl (C=O) groups is 2. The van der Waals surface area contributed by atoms with Gasteiger partial charge in [0.2, 0.25) is 5.91 Å². The molecule has 0 bridgehead atoms. The summed E-state index contributed by atoms with van der Waals surface area (Å²) >= 11 is 0. The fourth-order valence-electron chi connectivity index (χ4n) is 3.90. The molecule has 3 rings (SSSR count). The van der Waals surface area contributed by atoms with Crippen molar-refractivity contribution in [2.75, 3.05) is 40.4 Å². The lowest BCUT2D eigenvalue weighted by Crippen LogP contribution is -2.50. The molecule has 1 saturated heterocycles. The Labute approximate surface area is 155 Å². The highest BCUT2D eigenvalue weighted by atomic mass is 16.5. The second kappa shape index (κ2) is 8.43. The van der Waals surface area contributed by atoms with Crippen molar-refractivity contribution < 1.29 is 19.1 Å². The van der Waals surface area contributed by atoms with Crippen LogP contribution in [0.1, 0.15) is 42.5 Å². The van der Waals surface area contributed by atoms with Crippen LogP contribution in [0.2, 0.25) is 0 Å². The molecule has 0 N–H and O–H groups in total. The maximum Gasteiger partial charge on any atom is 0.254 e. The van der Waals surface area contributed by atoms with E-state index in [4.69, 9.17) is 9.47 Å². The topological polar surface area (TPSA) is 59.1 Å². The highest BCUT2D eigenvalue weighted by Gasteiger charge is 2.27. The maximum atomic E-state index is 12.7. The molecular weight excluding hydrogens is 332 g/mol. The SMILES string of the molecule is COc1ccc(C(=O)N2CCN(C(=O)CC3CCCC3)CC2)cc1OC. The Balaban J connectivity index is 1.55. The summed E-state index contributed by atoms with van der Waals surface area (Å²) in [5.74, 6) is 1.92. The van der Waals surface area contributed by atoms with Crippen molar-refractivity contribution in [1.29, 1.82) is 0 Å². The standard InChI is InChI=1S/C20H28N2O4/c1-25-17-8-7-16(14-18(17)26-2)20(24)22-11-9-21(10-12-22)19(23)13-15-5-3-4-6-15/h7-8,14-15H,3-6,9-13H2,1-2H3. The minimum Gasteiger partial charge on any atom is -0.493 e. The van der Waals surface area contributed by atoms with Gasteiger partial charge in [-0.25, -0.2) is 0 Å². The van der Waals surface area contributed by atoms with Crippen LogP contribution in [0.25, 0.3) is 0 Å². The average molecular weight is 360 g/mol. The van der Waals surface area contributed by atoms with Gasteiger partial charge in [0.15, 0.2) is 11.5 Å². The monoisotopic (exact) mass is 360 g/mol. The average Bonchev–Trinajstić information content (AvgIpc) is 3.20. The van der Waals surface area contributed by atoms with E-state index in [1.807, 2.05) is 4.90 Å². The van der Waals surface area contributed by atoms with Crippen molar-refractivity contribution in [2.45, 2.75) is 32.1 Å². The number of rotatable bonds is 5. The lowest BCUT2D eigenvalue weighted by Gasteiger charge is -2.35. The minimum absolute atomic E-state index is 0.0335. The number of nitrogens with zero attached hydrogens (tertiary/aromatic N) is 2. The summed E-state index contributed by atoms with van der Waals surface area (Å²) in [7, 11) is 3.13. The van der Waals surface area contributed by atoms with Gasteiger partial charge in [0.05, 0.1) is 14.2 Å². The molecule has 2 amide bonds. The van der Waals surface area contributed by atoms with Crippen LogP contribution in [-0.2, 0) is 4.79 Å². The first-order chi connectivity index (χ1) is 12.6. The molecule has 142 valence electrons. The third-order valence-corrected chi connectivity index (χ3v) is 5.49. The molecule has 0 radical (unpaired) electrons. The normalized spacial score (nSPS) is 18.1. The van der Waals surface area contributed by atoms with E-state index in [0.717, 1.165) is 0 Å². The van der Waals surface area contributed by atoms with Crippen LogP contribution < -0.4 is 9.47 Å². The molecule has 1 saturated carbocycles. The third kappa shape index (κ3) is 4.11. The molecule has 1 aromatic rings. The molecule has 2 fully saturated rings. The number of hydrogen-bond acceptors (Lipinski definition) is 4. The predicted molar refractivity (Wildman–Crippen MR) is 98.6 cm³/mol. The zero-order chi connectivity index (χ0) is 18.5. The van der Waals surface area contributed by atoms with Crippen molar-refractivity contribution >= 4 is 11.8 Å². The lowest BCUT2D eigenvalue weighted by molar-refractivity contribution is -0.133. The molecule has 26 heavy (non-hydrogen) atoms. The zero-order valence-corrected chi connectivity index (χ0v) is 15.7. The maximum absolute atomic E-state index is 12.7. The number of amides is 2. The van der Waals surface area contributed by atoms with Crippen LogP contribution in [0.4, 0.5) is 0 Å². The summed E-state index contributed by atoms with van der Waals surface area (Å²) in [6, 6.07) is 5.20. The smallest absolute Gasteiger partial charge is 0.254 e. The predicted octanol–water partition coefficient (Wildman–Crippen LogP) is 2.57. The summed E-state index contributed by atoms with van der Waals surface area (Å²) in [6.45, 7) is 2.38. The van der Waals surface area contributed by atoms with E-state index in [2.05, 4.69) is 0 Å². The number of hydrogen-bond donors (Lipinski definition) is 0. The Hall–Kier alpha value is -2.24. The van der Waals surface area contributed by atoms with Crippen LogP contribution in [0.3, 0.4) is 0 Å². The van der Waals surface area contributed by atoms with Crippen molar-refractivity contribution in [1.82, 2.24) is 9.80 Å². The zero-order valence-electron chi connectivity index (χ0n) is 15.7. The van der Waals surface area contributed by atoms with E-state index < -0.39 is 0 Å². The molecule has 1 heterocycles. The summed E-state index contributed by atoms with van der Waals surface area (Å²) in [5, 5.41) is 0. The summed E-state index contributed by atoms with van der Waals surface area (Å²) in [4.78, 5) is 28.9. The molecule has 1 aromatic carbocycles. The summed E-state index contributed by atoms with van der Waals surface area (Å²) in [6.07, 6.45) is 5.55. The molecule has 2 aliphatic rings. The first-order valence-corrected chi connectivity index (χ1v) is 9.41. The van der Waals surface area contributed by atoms with Gasteiger partial charge < -0.3 is 19.3 Å². The molecule has 0 atom stereocenters. The van der Waals surface area contributed by atoms with Crippen LogP contribution in [0.5, 0.6) is 11.5 Å².